The number of hydrogen-bond donors (Lipinski definition) is 2. The van der Waals surface area contributed by atoms with E-state index in [1.54, 1.807) is 0 Å². The third-order valence-electron chi connectivity index (χ3n) is 7.04. The van der Waals surface area contributed by atoms with Crippen molar-refractivity contribution in [3.63, 3.8) is 0 Å². The van der Waals surface area contributed by atoms with Crippen LogP contribution in [0.4, 0.5) is 24.5 Å². The summed E-state index contributed by atoms with van der Waals surface area (Å²) >= 11 is 0. The van der Waals surface area contributed by atoms with Gasteiger partial charge in [0.25, 0.3) is 0 Å². The highest BCUT2D eigenvalue weighted by atomic mass is 19.4. The Labute approximate surface area is 218 Å². The van der Waals surface area contributed by atoms with Crippen molar-refractivity contribution in [3.05, 3.63) is 88.6 Å². The normalized spacial score (nSPS) is 18.9. The zero-order valence-corrected chi connectivity index (χ0v) is 21.1. The van der Waals surface area contributed by atoms with Crippen LogP contribution in [-0.4, -0.2) is 27.1 Å². The number of carbonyl (C=O) groups is 1. The van der Waals surface area contributed by atoms with Gasteiger partial charge in [0.2, 0.25) is 5.75 Å². The first-order valence-electron chi connectivity index (χ1n) is 12.1. The Morgan fingerprint density at radius 1 is 0.816 bits per heavy atom. The molecule has 198 valence electrons. The van der Waals surface area contributed by atoms with E-state index < -0.39 is 17.8 Å². The molecule has 0 amide bonds. The molecule has 2 aliphatic rings. The third-order valence-corrected chi connectivity index (χ3v) is 7.04. The second-order valence-corrected chi connectivity index (χ2v) is 9.25. The lowest BCUT2D eigenvalue weighted by atomic mass is 9.78. The lowest BCUT2D eigenvalue weighted by molar-refractivity contribution is -0.137. The highest BCUT2D eigenvalue weighted by Crippen LogP contribution is 2.47. The van der Waals surface area contributed by atoms with Crippen LogP contribution in [0.15, 0.2) is 71.9 Å². The standard InChI is InChI=1S/C29H27F3N2O4/c1-36-24-14-18(15-25(37-2)28(24)38-3)17-12-22-26(23(35)13-17)27(34-21-7-5-4-6-20(21)33-22)16-8-10-19(11-9-16)29(30,31)32/h4-11,14-15,17,27,33-34H,12-13H2,1-3H3/t17-,27+/m1/s1. The Bertz CT molecular complexity index is 1370. The van der Waals surface area contributed by atoms with Gasteiger partial charge >= 0.3 is 6.18 Å². The molecule has 2 atom stereocenters. The molecule has 0 unspecified atom stereocenters. The highest BCUT2D eigenvalue weighted by molar-refractivity contribution is 6.01. The summed E-state index contributed by atoms with van der Waals surface area (Å²) in [6.45, 7) is 0. The lowest BCUT2D eigenvalue weighted by Gasteiger charge is -2.30. The fraction of sp³-hybridized carbons (Fsp3) is 0.276. The van der Waals surface area contributed by atoms with Crippen LogP contribution in [-0.2, 0) is 11.0 Å². The summed E-state index contributed by atoms with van der Waals surface area (Å²) in [5, 5.41) is 6.83. The summed E-state index contributed by atoms with van der Waals surface area (Å²) in [5.74, 6) is 1.19. The van der Waals surface area contributed by atoms with Gasteiger partial charge in [-0.15, -0.1) is 0 Å². The second-order valence-electron chi connectivity index (χ2n) is 9.25. The molecule has 1 heterocycles. The molecule has 3 aromatic rings. The Morgan fingerprint density at radius 2 is 1.45 bits per heavy atom. The zero-order valence-electron chi connectivity index (χ0n) is 21.1. The van der Waals surface area contributed by atoms with Crippen LogP contribution >= 0.6 is 0 Å². The van der Waals surface area contributed by atoms with E-state index in [2.05, 4.69) is 10.6 Å². The van der Waals surface area contributed by atoms with Crippen molar-refractivity contribution in [3.8, 4) is 17.2 Å². The van der Waals surface area contributed by atoms with E-state index >= 15 is 0 Å². The number of anilines is 2. The highest BCUT2D eigenvalue weighted by Gasteiger charge is 2.37. The molecular weight excluding hydrogens is 497 g/mol. The molecule has 0 fully saturated rings. The first-order chi connectivity index (χ1) is 18.2. The monoisotopic (exact) mass is 524 g/mol. The quantitative estimate of drug-likeness (QED) is 0.387. The maximum atomic E-state index is 13.8. The third kappa shape index (κ3) is 4.64. The number of allylic oxidation sites excluding steroid dienone is 1. The number of Topliss-reactive ketones (excluding diaryl/α,β-unsaturated/α-hetero) is 1. The maximum absolute atomic E-state index is 13.8. The van der Waals surface area contributed by atoms with Gasteiger partial charge < -0.3 is 24.8 Å². The van der Waals surface area contributed by atoms with E-state index in [-0.39, 0.29) is 18.1 Å². The number of rotatable bonds is 5. The van der Waals surface area contributed by atoms with E-state index in [4.69, 9.17) is 14.2 Å². The van der Waals surface area contributed by atoms with Crippen LogP contribution in [0.5, 0.6) is 17.2 Å². The Morgan fingerprint density at radius 3 is 2.03 bits per heavy atom. The predicted octanol–water partition coefficient (Wildman–Crippen LogP) is 6.71. The second kappa shape index (κ2) is 9.96. The fourth-order valence-corrected chi connectivity index (χ4v) is 5.18. The van der Waals surface area contributed by atoms with Crippen LogP contribution in [0.25, 0.3) is 0 Å². The molecule has 5 rings (SSSR count). The van der Waals surface area contributed by atoms with Gasteiger partial charge in [0.05, 0.1) is 44.3 Å². The van der Waals surface area contributed by atoms with Crippen molar-refractivity contribution in [1.82, 2.24) is 0 Å². The van der Waals surface area contributed by atoms with Crippen molar-refractivity contribution in [2.75, 3.05) is 32.0 Å². The summed E-state index contributed by atoms with van der Waals surface area (Å²) in [4.78, 5) is 13.8. The van der Waals surface area contributed by atoms with Crippen LogP contribution in [0.1, 0.15) is 41.5 Å². The van der Waals surface area contributed by atoms with Crippen molar-refractivity contribution >= 4 is 17.2 Å². The van der Waals surface area contributed by atoms with Gasteiger partial charge in [-0.2, -0.15) is 13.2 Å². The average Bonchev–Trinajstić information content (AvgIpc) is 3.08. The first-order valence-corrected chi connectivity index (χ1v) is 12.1. The molecule has 0 saturated heterocycles. The Kier molecular flexibility index (Phi) is 6.69. The maximum Gasteiger partial charge on any atom is 0.416 e. The number of halogens is 3. The number of para-hydroxylation sites is 2. The van der Waals surface area contributed by atoms with Crippen molar-refractivity contribution in [2.24, 2.45) is 0 Å². The molecule has 3 aromatic carbocycles. The number of methoxy groups -OCH3 is 3. The lowest BCUT2D eigenvalue weighted by Crippen LogP contribution is -2.27. The molecule has 0 bridgehead atoms. The molecule has 2 N–H and O–H groups in total. The topological polar surface area (TPSA) is 68.8 Å². The minimum atomic E-state index is -4.44. The SMILES string of the molecule is COc1cc([C@H]2CC(=O)C3=C(C2)Nc2ccccc2N[C@H]3c2ccc(C(F)(F)F)cc2)cc(OC)c1OC. The predicted molar refractivity (Wildman–Crippen MR) is 138 cm³/mol. The van der Waals surface area contributed by atoms with Crippen LogP contribution in [0, 0.1) is 0 Å². The number of ether oxygens (including phenoxy) is 3. The van der Waals surface area contributed by atoms with Gasteiger partial charge in [-0.1, -0.05) is 24.3 Å². The van der Waals surface area contributed by atoms with Gasteiger partial charge in [0.1, 0.15) is 0 Å². The summed E-state index contributed by atoms with van der Waals surface area (Å²) < 4.78 is 56.1. The van der Waals surface area contributed by atoms with Gasteiger partial charge in [-0.05, 0) is 59.9 Å². The van der Waals surface area contributed by atoms with E-state index in [0.717, 1.165) is 34.8 Å². The minimum Gasteiger partial charge on any atom is -0.493 e. The van der Waals surface area contributed by atoms with Crippen molar-refractivity contribution < 1.29 is 32.2 Å². The number of hydrogen-bond acceptors (Lipinski definition) is 6. The number of benzene rings is 3. The molecule has 0 aromatic heterocycles. The number of ketones is 1. The molecule has 0 spiro atoms. The van der Waals surface area contributed by atoms with E-state index in [1.807, 2.05) is 36.4 Å². The smallest absolute Gasteiger partial charge is 0.416 e. The van der Waals surface area contributed by atoms with E-state index in [9.17, 15) is 18.0 Å². The summed E-state index contributed by atoms with van der Waals surface area (Å²) in [5.41, 5.74) is 3.48. The zero-order chi connectivity index (χ0) is 27.0. The molecule has 0 radical (unpaired) electrons. The number of nitrogens with one attached hydrogen (secondary N) is 2. The molecule has 6 nitrogen and oxygen atoms in total. The van der Waals surface area contributed by atoms with Crippen molar-refractivity contribution in [2.45, 2.75) is 31.0 Å². The summed E-state index contributed by atoms with van der Waals surface area (Å²) in [6, 6.07) is 15.6. The average molecular weight is 525 g/mol. The summed E-state index contributed by atoms with van der Waals surface area (Å²) in [7, 11) is 4.61. The van der Waals surface area contributed by atoms with E-state index in [0.29, 0.717) is 34.8 Å². The Hall–Kier alpha value is -4.14. The van der Waals surface area contributed by atoms with Crippen LogP contribution in [0.2, 0.25) is 0 Å². The number of alkyl halides is 3. The Balaban J connectivity index is 1.58. The van der Waals surface area contributed by atoms with Crippen molar-refractivity contribution in [1.29, 1.82) is 0 Å². The van der Waals surface area contributed by atoms with Gasteiger partial charge in [0, 0.05) is 17.7 Å². The molecule has 9 heteroatoms. The van der Waals surface area contributed by atoms with Gasteiger partial charge in [-0.25, -0.2) is 0 Å². The van der Waals surface area contributed by atoms with Crippen LogP contribution < -0.4 is 24.8 Å². The molecule has 0 saturated carbocycles. The molecule has 1 aliphatic heterocycles. The minimum absolute atomic E-state index is 0.0947. The van der Waals surface area contributed by atoms with Gasteiger partial charge in [0.15, 0.2) is 17.3 Å². The number of fused-ring (bicyclic) bond motifs is 1. The molecule has 38 heavy (non-hydrogen) atoms. The van der Waals surface area contributed by atoms with Gasteiger partial charge in [-0.3, -0.25) is 4.79 Å². The first kappa shape index (κ1) is 25.5. The summed E-state index contributed by atoms with van der Waals surface area (Å²) in [6.07, 6.45) is -3.72. The molecular formula is C29H27F3N2O4. The van der Waals surface area contributed by atoms with E-state index in [1.165, 1.54) is 33.5 Å². The molecule has 1 aliphatic carbocycles. The number of carbonyl (C=O) groups excluding carboxylic acids is 1. The largest absolute Gasteiger partial charge is 0.493 e. The van der Waals surface area contributed by atoms with Crippen LogP contribution in [0.3, 0.4) is 0 Å². The fourth-order valence-electron chi connectivity index (χ4n) is 5.18.